The molecule has 0 aromatic heterocycles. The molecule has 0 bridgehead atoms. The third-order valence-electron chi connectivity index (χ3n) is 3.44. The van der Waals surface area contributed by atoms with Gasteiger partial charge in [-0.05, 0) is 42.0 Å². The Morgan fingerprint density at radius 3 is 2.69 bits per heavy atom. The number of methoxy groups -OCH3 is 1. The largest absolute Gasteiger partial charge is 0.497 e. The van der Waals surface area contributed by atoms with Gasteiger partial charge < -0.3 is 14.9 Å². The zero-order valence-electron chi connectivity index (χ0n) is 9.52. The molecule has 1 aliphatic carbocycles. The Kier molecular flexibility index (Phi) is 3.46. The van der Waals surface area contributed by atoms with E-state index in [1.54, 1.807) is 7.11 Å². The van der Waals surface area contributed by atoms with E-state index in [4.69, 9.17) is 9.84 Å². The van der Waals surface area contributed by atoms with Gasteiger partial charge >= 0.3 is 0 Å². The van der Waals surface area contributed by atoms with Gasteiger partial charge in [-0.15, -0.1) is 0 Å². The number of hydrogen-bond acceptors (Lipinski definition) is 3. The van der Waals surface area contributed by atoms with Crippen molar-refractivity contribution in [3.8, 4) is 5.75 Å². The topological polar surface area (TPSA) is 49.7 Å². The average molecular weight is 222 g/mol. The van der Waals surface area contributed by atoms with Crippen LogP contribution in [0.5, 0.6) is 5.75 Å². The summed E-state index contributed by atoms with van der Waals surface area (Å²) in [4.78, 5) is 0. The molecule has 0 radical (unpaired) electrons. The van der Waals surface area contributed by atoms with Gasteiger partial charge in [0.15, 0.2) is 0 Å². The maximum absolute atomic E-state index is 9.33. The Morgan fingerprint density at radius 1 is 1.25 bits per heavy atom. The van der Waals surface area contributed by atoms with E-state index in [1.165, 1.54) is 11.1 Å². The quantitative estimate of drug-likeness (QED) is 0.814. The van der Waals surface area contributed by atoms with E-state index < -0.39 is 0 Å². The molecule has 0 saturated heterocycles. The molecule has 1 aliphatic rings. The monoisotopic (exact) mass is 222 g/mol. The van der Waals surface area contributed by atoms with Gasteiger partial charge in [-0.2, -0.15) is 0 Å². The Balaban J connectivity index is 2.33. The summed E-state index contributed by atoms with van der Waals surface area (Å²) in [5, 5.41) is 18.4. The van der Waals surface area contributed by atoms with Gasteiger partial charge in [0.2, 0.25) is 0 Å². The van der Waals surface area contributed by atoms with Crippen LogP contribution in [0.2, 0.25) is 0 Å². The Bertz CT molecular complexity index is 362. The van der Waals surface area contributed by atoms with Gasteiger partial charge in [0.05, 0.1) is 7.11 Å². The molecule has 0 amide bonds. The van der Waals surface area contributed by atoms with Crippen molar-refractivity contribution in [2.24, 2.45) is 0 Å². The van der Waals surface area contributed by atoms with Crippen molar-refractivity contribution in [3.63, 3.8) is 0 Å². The van der Waals surface area contributed by atoms with E-state index in [-0.39, 0.29) is 19.1 Å². The molecule has 2 atom stereocenters. The van der Waals surface area contributed by atoms with Crippen molar-refractivity contribution >= 4 is 0 Å². The van der Waals surface area contributed by atoms with E-state index in [9.17, 15) is 5.11 Å². The highest BCUT2D eigenvalue weighted by molar-refractivity contribution is 5.43. The number of rotatable bonds is 4. The van der Waals surface area contributed by atoms with Crippen LogP contribution < -0.4 is 4.74 Å². The van der Waals surface area contributed by atoms with Gasteiger partial charge in [-0.1, -0.05) is 6.07 Å². The lowest BCUT2D eigenvalue weighted by Gasteiger charge is -2.10. The first kappa shape index (κ1) is 11.4. The van der Waals surface area contributed by atoms with Crippen molar-refractivity contribution in [1.29, 1.82) is 0 Å². The molecule has 2 N–H and O–H groups in total. The standard InChI is InChI=1S/C13H18O3/c1-16-11-2-3-12-10(8-15)6-9(4-5-14)13(12)7-11/h2-3,7,9-10,14-15H,4-6,8H2,1H3/t9-,10-/m1/s1. The third kappa shape index (κ3) is 1.93. The molecule has 0 fully saturated rings. The van der Waals surface area contributed by atoms with Crippen molar-refractivity contribution in [2.45, 2.75) is 24.7 Å². The van der Waals surface area contributed by atoms with Gasteiger partial charge in [0, 0.05) is 19.1 Å². The second-order valence-corrected chi connectivity index (χ2v) is 4.32. The summed E-state index contributed by atoms with van der Waals surface area (Å²) in [5.74, 6) is 1.42. The molecule has 1 aromatic rings. The third-order valence-corrected chi connectivity index (χ3v) is 3.44. The number of hydrogen-bond donors (Lipinski definition) is 2. The van der Waals surface area contributed by atoms with E-state index in [2.05, 4.69) is 0 Å². The van der Waals surface area contributed by atoms with Crippen LogP contribution in [0.3, 0.4) is 0 Å². The molecular weight excluding hydrogens is 204 g/mol. The van der Waals surface area contributed by atoms with Gasteiger partial charge in [-0.3, -0.25) is 0 Å². The molecular formula is C13H18O3. The summed E-state index contributed by atoms with van der Waals surface area (Å²) < 4.78 is 5.21. The molecule has 0 saturated carbocycles. The minimum atomic E-state index is 0.182. The van der Waals surface area contributed by atoms with Gasteiger partial charge in [-0.25, -0.2) is 0 Å². The maximum Gasteiger partial charge on any atom is 0.119 e. The van der Waals surface area contributed by atoms with Crippen LogP contribution >= 0.6 is 0 Å². The van der Waals surface area contributed by atoms with Crippen molar-refractivity contribution in [1.82, 2.24) is 0 Å². The Hall–Kier alpha value is -1.06. The summed E-state index contributed by atoms with van der Waals surface area (Å²) in [6.45, 7) is 0.376. The first-order valence-corrected chi connectivity index (χ1v) is 5.69. The minimum absolute atomic E-state index is 0.182. The van der Waals surface area contributed by atoms with E-state index in [1.807, 2.05) is 18.2 Å². The second kappa shape index (κ2) is 4.85. The number of ether oxygens (including phenoxy) is 1. The molecule has 0 unspecified atom stereocenters. The second-order valence-electron chi connectivity index (χ2n) is 4.32. The lowest BCUT2D eigenvalue weighted by atomic mass is 9.98. The maximum atomic E-state index is 9.33. The number of aliphatic hydroxyl groups excluding tert-OH is 2. The highest BCUT2D eigenvalue weighted by Crippen LogP contribution is 2.44. The van der Waals surface area contributed by atoms with Crippen LogP contribution in [0.1, 0.15) is 35.8 Å². The zero-order chi connectivity index (χ0) is 11.5. The van der Waals surface area contributed by atoms with Crippen molar-refractivity contribution in [3.05, 3.63) is 29.3 Å². The summed E-state index contributed by atoms with van der Waals surface area (Å²) in [6, 6.07) is 6.00. The fourth-order valence-corrected chi connectivity index (χ4v) is 2.60. The molecule has 1 aromatic carbocycles. The molecule has 88 valence electrons. The van der Waals surface area contributed by atoms with E-state index in [0.29, 0.717) is 5.92 Å². The smallest absolute Gasteiger partial charge is 0.119 e. The van der Waals surface area contributed by atoms with Crippen molar-refractivity contribution in [2.75, 3.05) is 20.3 Å². The van der Waals surface area contributed by atoms with Gasteiger partial charge in [0.25, 0.3) is 0 Å². The van der Waals surface area contributed by atoms with Crippen LogP contribution in [-0.4, -0.2) is 30.5 Å². The summed E-state index contributed by atoms with van der Waals surface area (Å²) >= 11 is 0. The molecule has 3 heteroatoms. The summed E-state index contributed by atoms with van der Waals surface area (Å²) in [6.07, 6.45) is 1.69. The molecule has 0 aliphatic heterocycles. The SMILES string of the molecule is COc1ccc2c(c1)[C@H](CCO)C[C@@H]2CO. The Morgan fingerprint density at radius 2 is 2.06 bits per heavy atom. The van der Waals surface area contributed by atoms with Crippen LogP contribution in [0, 0.1) is 0 Å². The molecule has 2 rings (SSSR count). The lowest BCUT2D eigenvalue weighted by molar-refractivity contribution is 0.247. The van der Waals surface area contributed by atoms with E-state index in [0.717, 1.165) is 18.6 Å². The Labute approximate surface area is 95.7 Å². The highest BCUT2D eigenvalue weighted by atomic mass is 16.5. The highest BCUT2D eigenvalue weighted by Gasteiger charge is 2.30. The fourth-order valence-electron chi connectivity index (χ4n) is 2.60. The normalized spacial score (nSPS) is 23.2. The first-order valence-electron chi connectivity index (χ1n) is 5.69. The molecule has 3 nitrogen and oxygen atoms in total. The predicted octanol–water partition coefficient (Wildman–Crippen LogP) is 1.64. The fraction of sp³-hybridized carbons (Fsp3) is 0.538. The number of aliphatic hydroxyl groups is 2. The van der Waals surface area contributed by atoms with Crippen LogP contribution in [-0.2, 0) is 0 Å². The zero-order valence-corrected chi connectivity index (χ0v) is 9.52. The van der Waals surface area contributed by atoms with Crippen LogP contribution in [0.15, 0.2) is 18.2 Å². The summed E-state index contributed by atoms with van der Waals surface area (Å²) in [7, 11) is 1.65. The molecule has 0 heterocycles. The first-order chi connectivity index (χ1) is 7.80. The number of benzene rings is 1. The molecule has 0 spiro atoms. The van der Waals surface area contributed by atoms with Crippen LogP contribution in [0.25, 0.3) is 0 Å². The van der Waals surface area contributed by atoms with Crippen molar-refractivity contribution < 1.29 is 14.9 Å². The van der Waals surface area contributed by atoms with E-state index >= 15 is 0 Å². The minimum Gasteiger partial charge on any atom is -0.497 e. The average Bonchev–Trinajstić information content (AvgIpc) is 2.67. The van der Waals surface area contributed by atoms with Crippen LogP contribution in [0.4, 0.5) is 0 Å². The predicted molar refractivity (Wildman–Crippen MR) is 61.9 cm³/mol. The van der Waals surface area contributed by atoms with Gasteiger partial charge in [0.1, 0.15) is 5.75 Å². The summed E-state index contributed by atoms with van der Waals surface area (Å²) in [5.41, 5.74) is 2.44. The molecule has 16 heavy (non-hydrogen) atoms. The number of fused-ring (bicyclic) bond motifs is 1. The lowest BCUT2D eigenvalue weighted by Crippen LogP contribution is -2.00.